The summed E-state index contributed by atoms with van der Waals surface area (Å²) in [6.07, 6.45) is -0.794. The van der Waals surface area contributed by atoms with Gasteiger partial charge in [-0.05, 0) is 37.6 Å². The van der Waals surface area contributed by atoms with Crippen molar-refractivity contribution in [1.29, 1.82) is 0 Å². The first-order chi connectivity index (χ1) is 18.0. The van der Waals surface area contributed by atoms with E-state index in [1.807, 2.05) is 93.5 Å². The molecule has 0 radical (unpaired) electrons. The van der Waals surface area contributed by atoms with Crippen LogP contribution >= 0.6 is 0 Å². The van der Waals surface area contributed by atoms with E-state index in [0.717, 1.165) is 11.1 Å². The molecule has 0 bridgehead atoms. The number of carbonyl (C=O) groups is 2. The van der Waals surface area contributed by atoms with E-state index in [1.54, 1.807) is 0 Å². The number of rotatable bonds is 11. The van der Waals surface area contributed by atoms with E-state index in [-0.39, 0.29) is 36.9 Å². The molecule has 1 amide bonds. The van der Waals surface area contributed by atoms with E-state index in [2.05, 4.69) is 4.98 Å². The lowest BCUT2D eigenvalue weighted by atomic mass is 9.92. The summed E-state index contributed by atoms with van der Waals surface area (Å²) in [5.41, 5.74) is 0.452. The zero-order chi connectivity index (χ0) is 27.9. The Morgan fingerprint density at radius 1 is 0.947 bits per heavy atom. The number of halogens is 1. The Morgan fingerprint density at radius 3 is 2.03 bits per heavy atom. The van der Waals surface area contributed by atoms with Crippen molar-refractivity contribution in [3.8, 4) is 5.75 Å². The SMILES string of the molecule is Cc1c(F)nc(N(CC(C)(C)CN(C)C)C(=O)OCc2ccccc2)c(OCc2ccccc2)c1C(=O)O. The number of carbonyl (C=O) groups excluding carboxylic acids is 1. The van der Waals surface area contributed by atoms with Gasteiger partial charge in [-0.1, -0.05) is 74.5 Å². The smallest absolute Gasteiger partial charge is 0.415 e. The normalized spacial score (nSPS) is 11.3. The fraction of sp³-hybridized carbons (Fsp3) is 0.345. The molecule has 0 spiro atoms. The summed E-state index contributed by atoms with van der Waals surface area (Å²) in [4.78, 5) is 32.9. The van der Waals surface area contributed by atoms with Gasteiger partial charge >= 0.3 is 12.1 Å². The molecule has 0 aliphatic heterocycles. The van der Waals surface area contributed by atoms with Crippen LogP contribution < -0.4 is 9.64 Å². The Bertz CT molecular complexity index is 1250. The molecule has 8 nitrogen and oxygen atoms in total. The minimum atomic E-state index is -1.39. The maximum absolute atomic E-state index is 15.0. The molecular weight excluding hydrogens is 489 g/mol. The molecule has 1 N–H and O–H groups in total. The van der Waals surface area contributed by atoms with Gasteiger partial charge in [0.05, 0.1) is 0 Å². The highest BCUT2D eigenvalue weighted by molar-refractivity contribution is 5.97. The minimum Gasteiger partial charge on any atom is -0.484 e. The van der Waals surface area contributed by atoms with Crippen LogP contribution in [0.15, 0.2) is 60.7 Å². The van der Waals surface area contributed by atoms with Crippen LogP contribution in [0, 0.1) is 18.3 Å². The third kappa shape index (κ3) is 7.52. The van der Waals surface area contributed by atoms with Crippen LogP contribution in [0.25, 0.3) is 0 Å². The first-order valence-electron chi connectivity index (χ1n) is 12.2. The third-order valence-electron chi connectivity index (χ3n) is 5.77. The number of pyridine rings is 1. The Hall–Kier alpha value is -3.98. The maximum Gasteiger partial charge on any atom is 0.415 e. The van der Waals surface area contributed by atoms with Crippen molar-refractivity contribution in [2.75, 3.05) is 32.1 Å². The number of aromatic nitrogens is 1. The molecule has 0 fully saturated rings. The molecule has 0 unspecified atom stereocenters. The van der Waals surface area contributed by atoms with E-state index >= 15 is 4.39 Å². The molecule has 38 heavy (non-hydrogen) atoms. The lowest BCUT2D eigenvalue weighted by molar-refractivity contribution is 0.0689. The highest BCUT2D eigenvalue weighted by Crippen LogP contribution is 2.36. The van der Waals surface area contributed by atoms with Crippen LogP contribution in [0.5, 0.6) is 5.75 Å². The largest absolute Gasteiger partial charge is 0.484 e. The Morgan fingerprint density at radius 2 is 1.50 bits per heavy atom. The van der Waals surface area contributed by atoms with Crippen molar-refractivity contribution in [2.24, 2.45) is 5.41 Å². The average molecular weight is 524 g/mol. The summed E-state index contributed by atoms with van der Waals surface area (Å²) in [5, 5.41) is 10.0. The second-order valence-electron chi connectivity index (χ2n) is 10.2. The molecule has 0 aliphatic carbocycles. The van der Waals surface area contributed by atoms with E-state index in [4.69, 9.17) is 9.47 Å². The number of aromatic carboxylic acids is 1. The predicted octanol–water partition coefficient (Wildman–Crippen LogP) is 5.54. The molecule has 1 heterocycles. The van der Waals surface area contributed by atoms with Crippen molar-refractivity contribution in [2.45, 2.75) is 34.0 Å². The van der Waals surface area contributed by atoms with Gasteiger partial charge in [-0.2, -0.15) is 9.37 Å². The third-order valence-corrected chi connectivity index (χ3v) is 5.77. The van der Waals surface area contributed by atoms with Gasteiger partial charge in [-0.3, -0.25) is 4.90 Å². The molecule has 202 valence electrons. The van der Waals surface area contributed by atoms with E-state index in [0.29, 0.717) is 6.54 Å². The number of hydrogen-bond acceptors (Lipinski definition) is 6. The first kappa shape index (κ1) is 28.6. The van der Waals surface area contributed by atoms with Gasteiger partial charge in [0.15, 0.2) is 11.6 Å². The van der Waals surface area contributed by atoms with Gasteiger partial charge in [0.1, 0.15) is 18.8 Å². The minimum absolute atomic E-state index is 0.00509. The zero-order valence-electron chi connectivity index (χ0n) is 22.4. The molecule has 0 saturated carbocycles. The molecule has 1 aromatic heterocycles. The van der Waals surface area contributed by atoms with E-state index < -0.39 is 29.0 Å². The highest BCUT2D eigenvalue weighted by Gasteiger charge is 2.34. The fourth-order valence-electron chi connectivity index (χ4n) is 4.28. The topological polar surface area (TPSA) is 92.2 Å². The van der Waals surface area contributed by atoms with Crippen LogP contribution in [0.2, 0.25) is 0 Å². The van der Waals surface area contributed by atoms with E-state index in [9.17, 15) is 14.7 Å². The van der Waals surface area contributed by atoms with Crippen molar-refractivity contribution in [3.05, 3.63) is 88.9 Å². The molecular formula is C29H34FN3O5. The number of anilines is 1. The van der Waals surface area contributed by atoms with Crippen LogP contribution in [-0.4, -0.2) is 54.2 Å². The maximum atomic E-state index is 15.0. The zero-order valence-corrected chi connectivity index (χ0v) is 22.4. The van der Waals surface area contributed by atoms with Crippen molar-refractivity contribution < 1.29 is 28.6 Å². The number of nitrogens with zero attached hydrogens (tertiary/aromatic N) is 3. The van der Waals surface area contributed by atoms with Crippen LogP contribution in [0.3, 0.4) is 0 Å². The summed E-state index contributed by atoms with van der Waals surface area (Å²) in [7, 11) is 3.81. The number of carboxylic acid groups (broad SMARTS) is 1. The number of amides is 1. The summed E-state index contributed by atoms with van der Waals surface area (Å²) in [6.45, 7) is 5.82. The Labute approximate surface area is 222 Å². The second-order valence-corrected chi connectivity index (χ2v) is 10.2. The number of benzene rings is 2. The Kier molecular flexibility index (Phi) is 9.41. The fourth-order valence-corrected chi connectivity index (χ4v) is 4.28. The molecule has 0 saturated heterocycles. The van der Waals surface area contributed by atoms with E-state index in [1.165, 1.54) is 11.8 Å². The lowest BCUT2D eigenvalue weighted by Gasteiger charge is -2.34. The van der Waals surface area contributed by atoms with Crippen molar-refractivity contribution >= 4 is 17.9 Å². The quantitative estimate of drug-likeness (QED) is 0.330. The number of ether oxygens (including phenoxy) is 2. The van der Waals surface area contributed by atoms with Gasteiger partial charge < -0.3 is 19.5 Å². The summed E-state index contributed by atoms with van der Waals surface area (Å²) in [6, 6.07) is 18.3. The second kappa shape index (κ2) is 12.5. The van der Waals surface area contributed by atoms with Crippen LogP contribution in [0.1, 0.15) is 40.9 Å². The van der Waals surface area contributed by atoms with Gasteiger partial charge in [0.2, 0.25) is 5.95 Å². The van der Waals surface area contributed by atoms with Crippen molar-refractivity contribution in [1.82, 2.24) is 9.88 Å². The first-order valence-corrected chi connectivity index (χ1v) is 12.2. The standard InChI is InChI=1S/C29H34FN3O5/c1-20-23(27(34)35)24(37-16-21-12-8-6-9-13-21)26(31-25(20)30)33(19-29(2,3)18-32(4)5)28(36)38-17-22-14-10-7-11-15-22/h6-15H,16-19H2,1-5H3,(H,34,35). The number of carboxylic acids is 1. The molecule has 0 atom stereocenters. The molecule has 0 aliphatic rings. The summed E-state index contributed by atoms with van der Waals surface area (Å²) < 4.78 is 26.6. The van der Waals surface area contributed by atoms with Gasteiger partial charge in [0.25, 0.3) is 0 Å². The lowest BCUT2D eigenvalue weighted by Crippen LogP contribution is -2.44. The van der Waals surface area contributed by atoms with Gasteiger partial charge in [-0.15, -0.1) is 0 Å². The van der Waals surface area contributed by atoms with Crippen LogP contribution in [0.4, 0.5) is 15.0 Å². The molecule has 3 rings (SSSR count). The van der Waals surface area contributed by atoms with Gasteiger partial charge in [-0.25, -0.2) is 9.59 Å². The predicted molar refractivity (Wildman–Crippen MR) is 143 cm³/mol. The number of hydrogen-bond donors (Lipinski definition) is 1. The monoisotopic (exact) mass is 523 g/mol. The highest BCUT2D eigenvalue weighted by atomic mass is 19.1. The van der Waals surface area contributed by atoms with Crippen LogP contribution in [-0.2, 0) is 18.0 Å². The molecule has 3 aromatic rings. The van der Waals surface area contributed by atoms with Gasteiger partial charge in [0, 0.05) is 18.7 Å². The van der Waals surface area contributed by atoms with Crippen molar-refractivity contribution in [3.63, 3.8) is 0 Å². The summed E-state index contributed by atoms with van der Waals surface area (Å²) >= 11 is 0. The molecule has 9 heteroatoms. The Balaban J connectivity index is 2.08. The molecule has 2 aromatic carbocycles. The average Bonchev–Trinajstić information content (AvgIpc) is 2.86. The summed E-state index contributed by atoms with van der Waals surface area (Å²) in [5.74, 6) is -2.84.